The fourth-order valence-corrected chi connectivity index (χ4v) is 3.24. The molecule has 5 nitrogen and oxygen atoms in total. The molecule has 0 aromatic heterocycles. The summed E-state index contributed by atoms with van der Waals surface area (Å²) in [6.45, 7) is 2.70. The Balaban J connectivity index is 1.87. The maximum Gasteiger partial charge on any atom is 0.114 e. The Labute approximate surface area is 159 Å². The Hall–Kier alpha value is -0.460. The highest BCUT2D eigenvalue weighted by molar-refractivity contribution is 4.88. The van der Waals surface area contributed by atoms with Crippen LogP contribution >= 0.6 is 0 Å². The minimum absolute atomic E-state index is 0.274. The van der Waals surface area contributed by atoms with Gasteiger partial charge in [0, 0.05) is 6.61 Å². The molecule has 1 saturated heterocycles. The monoisotopic (exact) mass is 372 g/mol. The number of ether oxygens (including phenoxy) is 2. The summed E-state index contributed by atoms with van der Waals surface area (Å²) >= 11 is 0. The number of aliphatic hydroxyl groups excluding tert-OH is 3. The molecule has 1 rings (SSSR count). The van der Waals surface area contributed by atoms with E-state index in [2.05, 4.69) is 19.1 Å². The highest BCUT2D eigenvalue weighted by Crippen LogP contribution is 2.20. The van der Waals surface area contributed by atoms with Crippen molar-refractivity contribution in [2.24, 2.45) is 0 Å². The van der Waals surface area contributed by atoms with Crippen LogP contribution in [0.4, 0.5) is 0 Å². The van der Waals surface area contributed by atoms with Crippen LogP contribution in [-0.4, -0.2) is 59.6 Å². The molecule has 0 aromatic rings. The molecule has 0 radical (unpaired) electrons. The number of unbranched alkanes of at least 4 members (excludes halogenated alkanes) is 9. The highest BCUT2D eigenvalue weighted by atomic mass is 16.6. The third kappa shape index (κ3) is 10.0. The van der Waals surface area contributed by atoms with Crippen molar-refractivity contribution in [3.05, 3.63) is 12.2 Å². The van der Waals surface area contributed by atoms with Crippen LogP contribution in [0.1, 0.15) is 77.6 Å². The van der Waals surface area contributed by atoms with Crippen LogP contribution in [0.5, 0.6) is 0 Å². The van der Waals surface area contributed by atoms with Gasteiger partial charge in [-0.3, -0.25) is 0 Å². The maximum atomic E-state index is 10.0. The normalized spacial score (nSPS) is 24.5. The van der Waals surface area contributed by atoms with E-state index in [1.54, 1.807) is 0 Å². The molecule has 0 saturated carbocycles. The number of hydrogen-bond donors (Lipinski definition) is 3. The van der Waals surface area contributed by atoms with Crippen molar-refractivity contribution in [3.63, 3.8) is 0 Å². The zero-order valence-electron chi connectivity index (χ0n) is 16.5. The van der Waals surface area contributed by atoms with Crippen LogP contribution in [0.15, 0.2) is 12.2 Å². The Bertz CT molecular complexity index is 347. The van der Waals surface area contributed by atoms with Crippen LogP contribution in [0, 0.1) is 0 Å². The van der Waals surface area contributed by atoms with Gasteiger partial charge in [-0.25, -0.2) is 0 Å². The molecule has 0 spiro atoms. The first-order valence-corrected chi connectivity index (χ1v) is 10.6. The first-order chi connectivity index (χ1) is 12.7. The van der Waals surface area contributed by atoms with E-state index in [0.717, 1.165) is 12.8 Å². The molecule has 5 heteroatoms. The summed E-state index contributed by atoms with van der Waals surface area (Å²) in [5.74, 6) is 0. The minimum atomic E-state index is -1.05. The number of hydrogen-bond acceptors (Lipinski definition) is 5. The second-order valence-electron chi connectivity index (χ2n) is 7.32. The molecule has 1 aliphatic rings. The van der Waals surface area contributed by atoms with Gasteiger partial charge in [-0.15, -0.1) is 0 Å². The summed E-state index contributed by atoms with van der Waals surface area (Å²) in [5, 5.41) is 28.5. The molecule has 26 heavy (non-hydrogen) atoms. The Kier molecular flexibility index (Phi) is 14.1. The van der Waals surface area contributed by atoms with Gasteiger partial charge in [-0.2, -0.15) is 0 Å². The molecule has 0 unspecified atom stereocenters. The third-order valence-corrected chi connectivity index (χ3v) is 4.97. The van der Waals surface area contributed by atoms with Gasteiger partial charge >= 0.3 is 0 Å². The molecule has 154 valence electrons. The van der Waals surface area contributed by atoms with Crippen LogP contribution < -0.4 is 0 Å². The van der Waals surface area contributed by atoms with Crippen molar-refractivity contribution < 1.29 is 24.8 Å². The predicted molar refractivity (Wildman–Crippen MR) is 104 cm³/mol. The summed E-state index contributed by atoms with van der Waals surface area (Å²) in [6, 6.07) is 0. The first kappa shape index (κ1) is 23.6. The minimum Gasteiger partial charge on any atom is -0.394 e. The van der Waals surface area contributed by atoms with E-state index in [-0.39, 0.29) is 6.61 Å². The summed E-state index contributed by atoms with van der Waals surface area (Å²) in [4.78, 5) is 0. The lowest BCUT2D eigenvalue weighted by atomic mass is 10.1. The van der Waals surface area contributed by atoms with E-state index < -0.39 is 31.0 Å². The van der Waals surface area contributed by atoms with Crippen LogP contribution in [0.25, 0.3) is 0 Å². The average molecular weight is 373 g/mol. The van der Waals surface area contributed by atoms with Crippen molar-refractivity contribution in [1.29, 1.82) is 0 Å². The van der Waals surface area contributed by atoms with Crippen molar-refractivity contribution in [2.45, 2.75) is 102 Å². The number of aliphatic hydroxyl groups is 3. The van der Waals surface area contributed by atoms with Gasteiger partial charge in [0.15, 0.2) is 0 Å². The zero-order chi connectivity index (χ0) is 19.0. The second kappa shape index (κ2) is 15.6. The number of rotatable bonds is 16. The fraction of sp³-hybridized carbons (Fsp3) is 0.905. The summed E-state index contributed by atoms with van der Waals surface area (Å²) in [5.41, 5.74) is 0. The van der Waals surface area contributed by atoms with Crippen LogP contribution in [-0.2, 0) is 9.47 Å². The molecular weight excluding hydrogens is 332 g/mol. The lowest BCUT2D eigenvalue weighted by Crippen LogP contribution is -2.41. The predicted octanol–water partition coefficient (Wildman–Crippen LogP) is 3.35. The van der Waals surface area contributed by atoms with Gasteiger partial charge in [-0.05, 0) is 25.7 Å². The molecule has 1 aliphatic heterocycles. The zero-order valence-corrected chi connectivity index (χ0v) is 16.5. The van der Waals surface area contributed by atoms with E-state index in [9.17, 15) is 10.2 Å². The van der Waals surface area contributed by atoms with Gasteiger partial charge in [0.05, 0.1) is 13.2 Å². The van der Waals surface area contributed by atoms with E-state index in [4.69, 9.17) is 14.6 Å². The van der Waals surface area contributed by atoms with Gasteiger partial charge in [0.2, 0.25) is 0 Å². The third-order valence-electron chi connectivity index (χ3n) is 4.97. The van der Waals surface area contributed by atoms with Crippen molar-refractivity contribution >= 4 is 0 Å². The topological polar surface area (TPSA) is 79.2 Å². The highest BCUT2D eigenvalue weighted by Gasteiger charge is 2.40. The number of allylic oxidation sites excluding steroid dienone is 2. The van der Waals surface area contributed by atoms with Crippen LogP contribution in [0.2, 0.25) is 0 Å². The summed E-state index contributed by atoms with van der Waals surface area (Å²) < 4.78 is 11.0. The lowest BCUT2D eigenvalue weighted by molar-refractivity contribution is -0.0730. The molecule has 0 amide bonds. The molecule has 0 aromatic carbocycles. The van der Waals surface area contributed by atoms with Gasteiger partial charge < -0.3 is 24.8 Å². The molecule has 1 heterocycles. The average Bonchev–Trinajstić information content (AvgIpc) is 3.02. The molecular formula is C21H40O5. The Morgan fingerprint density at radius 2 is 1.62 bits per heavy atom. The fourth-order valence-electron chi connectivity index (χ4n) is 3.24. The van der Waals surface area contributed by atoms with E-state index in [0.29, 0.717) is 6.61 Å². The molecule has 4 atom stereocenters. The van der Waals surface area contributed by atoms with Crippen molar-refractivity contribution in [2.75, 3.05) is 19.8 Å². The van der Waals surface area contributed by atoms with Gasteiger partial charge in [0.1, 0.15) is 24.4 Å². The molecule has 1 fully saturated rings. The summed E-state index contributed by atoms with van der Waals surface area (Å²) in [6.07, 6.45) is 15.2. The largest absolute Gasteiger partial charge is 0.394 e. The molecule has 3 N–H and O–H groups in total. The van der Waals surface area contributed by atoms with Crippen molar-refractivity contribution in [1.82, 2.24) is 0 Å². The SMILES string of the molecule is CCCC/C=C/CCCCCCCCCO[C@H]1CO[C@H]([C@H](O)CO)[C@@H]1O. The van der Waals surface area contributed by atoms with E-state index in [1.807, 2.05) is 0 Å². The second-order valence-corrected chi connectivity index (χ2v) is 7.32. The quantitative estimate of drug-likeness (QED) is 0.286. The standard InChI is InChI=1S/C21H40O5/c1-2-3-4-5-6-7-8-9-10-11-12-13-14-15-25-19-17-26-21(20(19)24)18(23)16-22/h5-6,18-24H,2-4,7-17H2,1H3/b6-5+/t18-,19+,20-,21-/m1/s1. The molecule has 0 bridgehead atoms. The Morgan fingerprint density at radius 1 is 1.00 bits per heavy atom. The van der Waals surface area contributed by atoms with Crippen molar-refractivity contribution in [3.8, 4) is 0 Å². The van der Waals surface area contributed by atoms with Gasteiger partial charge in [0.25, 0.3) is 0 Å². The van der Waals surface area contributed by atoms with E-state index in [1.165, 1.54) is 57.8 Å². The lowest BCUT2D eigenvalue weighted by Gasteiger charge is -2.20. The van der Waals surface area contributed by atoms with Crippen LogP contribution in [0.3, 0.4) is 0 Å². The molecule has 0 aliphatic carbocycles. The smallest absolute Gasteiger partial charge is 0.114 e. The Morgan fingerprint density at radius 3 is 2.27 bits per heavy atom. The summed E-state index contributed by atoms with van der Waals surface area (Å²) in [7, 11) is 0. The van der Waals surface area contributed by atoms with E-state index >= 15 is 0 Å². The first-order valence-electron chi connectivity index (χ1n) is 10.6. The van der Waals surface area contributed by atoms with Gasteiger partial charge in [-0.1, -0.05) is 64.0 Å². The maximum absolute atomic E-state index is 10.0.